The minimum atomic E-state index is -0.483. The van der Waals surface area contributed by atoms with Gasteiger partial charge in [-0.3, -0.25) is 0 Å². The number of carbonyl (C=O) groups is 1. The third-order valence-electron chi connectivity index (χ3n) is 1.83. The molecule has 0 aliphatic rings. The van der Waals surface area contributed by atoms with Gasteiger partial charge in [0.05, 0.1) is 0 Å². The molecular formula is C10H9N3O2. The molecular weight excluding hydrogens is 194 g/mol. The van der Waals surface area contributed by atoms with E-state index in [1.165, 1.54) is 17.2 Å². The molecule has 15 heavy (non-hydrogen) atoms. The van der Waals surface area contributed by atoms with Gasteiger partial charge in [-0.25, -0.2) is 9.36 Å². The number of benzene rings is 1. The predicted octanol–water partition coefficient (Wildman–Crippen LogP) is 1.46. The molecule has 0 radical (unpaired) electrons. The third kappa shape index (κ3) is 2.40. The van der Waals surface area contributed by atoms with Crippen molar-refractivity contribution in [3.8, 4) is 0 Å². The van der Waals surface area contributed by atoms with Crippen LogP contribution >= 0.6 is 0 Å². The van der Waals surface area contributed by atoms with Gasteiger partial charge in [0.1, 0.15) is 19.3 Å². The Kier molecular flexibility index (Phi) is 2.73. The number of carbonyl (C=O) groups excluding carboxylic acids is 1. The predicted molar refractivity (Wildman–Crippen MR) is 52.0 cm³/mol. The van der Waals surface area contributed by atoms with Crippen LogP contribution < -0.4 is 0 Å². The van der Waals surface area contributed by atoms with Gasteiger partial charge in [-0.15, -0.1) is 10.2 Å². The highest BCUT2D eigenvalue weighted by Gasteiger charge is 2.04. The highest BCUT2D eigenvalue weighted by Crippen LogP contribution is 2.01. The summed E-state index contributed by atoms with van der Waals surface area (Å²) in [6.45, 7) is 0.248. The number of aromatic nitrogens is 3. The van der Waals surface area contributed by atoms with E-state index in [0.717, 1.165) is 5.56 Å². The number of rotatable bonds is 2. The molecule has 2 rings (SSSR count). The van der Waals surface area contributed by atoms with Crippen LogP contribution in [-0.4, -0.2) is 20.9 Å². The fourth-order valence-corrected chi connectivity index (χ4v) is 1.09. The summed E-state index contributed by atoms with van der Waals surface area (Å²) < 4.78 is 6.20. The molecule has 0 amide bonds. The maximum absolute atomic E-state index is 11.3. The zero-order valence-electron chi connectivity index (χ0n) is 7.91. The first-order valence-electron chi connectivity index (χ1n) is 4.42. The van der Waals surface area contributed by atoms with Gasteiger partial charge < -0.3 is 4.74 Å². The van der Waals surface area contributed by atoms with E-state index in [1.54, 1.807) is 0 Å². The van der Waals surface area contributed by atoms with Crippen LogP contribution in [0.4, 0.5) is 4.79 Å². The van der Waals surface area contributed by atoms with Crippen molar-refractivity contribution < 1.29 is 9.53 Å². The molecule has 0 aliphatic carbocycles. The monoisotopic (exact) mass is 203 g/mol. The summed E-state index contributed by atoms with van der Waals surface area (Å²) in [5, 5.41) is 7.02. The topological polar surface area (TPSA) is 57.0 Å². The van der Waals surface area contributed by atoms with Gasteiger partial charge >= 0.3 is 6.09 Å². The van der Waals surface area contributed by atoms with Crippen LogP contribution in [0.15, 0.2) is 43.0 Å². The Morgan fingerprint density at radius 1 is 1.20 bits per heavy atom. The van der Waals surface area contributed by atoms with E-state index in [4.69, 9.17) is 4.74 Å². The first-order valence-corrected chi connectivity index (χ1v) is 4.42. The van der Waals surface area contributed by atoms with Crippen molar-refractivity contribution in [1.29, 1.82) is 0 Å². The smallest absolute Gasteiger partial charge is 0.420 e. The van der Waals surface area contributed by atoms with Gasteiger partial charge in [0.15, 0.2) is 0 Å². The molecule has 0 spiro atoms. The average molecular weight is 203 g/mol. The number of hydrogen-bond acceptors (Lipinski definition) is 4. The van der Waals surface area contributed by atoms with Crippen LogP contribution in [0, 0.1) is 0 Å². The maximum Gasteiger partial charge on any atom is 0.420 e. The summed E-state index contributed by atoms with van der Waals surface area (Å²) in [6.07, 6.45) is 2.12. The second kappa shape index (κ2) is 4.36. The van der Waals surface area contributed by atoms with Crippen molar-refractivity contribution >= 4 is 6.09 Å². The van der Waals surface area contributed by atoms with Gasteiger partial charge in [0.2, 0.25) is 0 Å². The van der Waals surface area contributed by atoms with E-state index >= 15 is 0 Å². The molecule has 0 fully saturated rings. The van der Waals surface area contributed by atoms with Crippen molar-refractivity contribution in [1.82, 2.24) is 14.8 Å². The Hall–Kier alpha value is -2.17. The van der Waals surface area contributed by atoms with Crippen LogP contribution in [0.2, 0.25) is 0 Å². The van der Waals surface area contributed by atoms with Crippen molar-refractivity contribution in [2.75, 3.05) is 0 Å². The van der Waals surface area contributed by atoms with Gasteiger partial charge in [-0.2, -0.15) is 0 Å². The van der Waals surface area contributed by atoms with Crippen molar-refractivity contribution in [2.24, 2.45) is 0 Å². The molecule has 2 aromatic rings. The zero-order chi connectivity index (χ0) is 10.5. The highest BCUT2D eigenvalue weighted by molar-refractivity contribution is 5.69. The molecule has 0 atom stereocenters. The van der Waals surface area contributed by atoms with Crippen LogP contribution in [0.1, 0.15) is 5.56 Å². The Morgan fingerprint density at radius 2 is 1.87 bits per heavy atom. The molecule has 1 aromatic heterocycles. The fourth-order valence-electron chi connectivity index (χ4n) is 1.09. The highest BCUT2D eigenvalue weighted by atomic mass is 16.5. The molecule has 76 valence electrons. The largest absolute Gasteiger partial charge is 0.444 e. The molecule has 5 nitrogen and oxygen atoms in total. The van der Waals surface area contributed by atoms with Gasteiger partial charge in [0, 0.05) is 0 Å². The Labute approximate surface area is 86.3 Å². The molecule has 5 heteroatoms. The quantitative estimate of drug-likeness (QED) is 0.741. The maximum atomic E-state index is 11.3. The minimum Gasteiger partial charge on any atom is -0.444 e. The fraction of sp³-hybridized carbons (Fsp3) is 0.100. The van der Waals surface area contributed by atoms with Crippen LogP contribution in [0.5, 0.6) is 0 Å². The van der Waals surface area contributed by atoms with Crippen molar-refractivity contribution in [3.05, 3.63) is 48.5 Å². The lowest BCUT2D eigenvalue weighted by Crippen LogP contribution is -2.11. The molecule has 1 heterocycles. The Balaban J connectivity index is 1.92. The summed E-state index contributed by atoms with van der Waals surface area (Å²) in [5.74, 6) is 0. The average Bonchev–Trinajstić information content (AvgIpc) is 2.81. The number of nitrogens with zero attached hydrogens (tertiary/aromatic N) is 3. The van der Waals surface area contributed by atoms with E-state index in [2.05, 4.69) is 10.2 Å². The first-order chi connectivity index (χ1) is 7.36. The summed E-state index contributed by atoms with van der Waals surface area (Å²) >= 11 is 0. The molecule has 0 saturated heterocycles. The third-order valence-corrected chi connectivity index (χ3v) is 1.83. The number of hydrogen-bond donors (Lipinski definition) is 0. The van der Waals surface area contributed by atoms with Crippen molar-refractivity contribution in [3.63, 3.8) is 0 Å². The lowest BCUT2D eigenvalue weighted by molar-refractivity contribution is 0.141. The van der Waals surface area contributed by atoms with E-state index in [9.17, 15) is 4.79 Å². The summed E-state index contributed by atoms with van der Waals surface area (Å²) in [4.78, 5) is 11.3. The molecule has 0 N–H and O–H groups in total. The lowest BCUT2D eigenvalue weighted by Gasteiger charge is -2.03. The van der Waals surface area contributed by atoms with Crippen LogP contribution in [0.3, 0.4) is 0 Å². The molecule has 0 bridgehead atoms. The van der Waals surface area contributed by atoms with E-state index in [0.29, 0.717) is 0 Å². The zero-order valence-corrected chi connectivity index (χ0v) is 7.91. The van der Waals surface area contributed by atoms with Gasteiger partial charge in [0.25, 0.3) is 0 Å². The lowest BCUT2D eigenvalue weighted by atomic mass is 10.2. The Morgan fingerprint density at radius 3 is 2.53 bits per heavy atom. The van der Waals surface area contributed by atoms with E-state index in [1.807, 2.05) is 30.3 Å². The van der Waals surface area contributed by atoms with Gasteiger partial charge in [-0.1, -0.05) is 30.3 Å². The standard InChI is InChI=1S/C10H9N3O2/c14-10(13-7-11-12-8-13)15-6-9-4-2-1-3-5-9/h1-5,7-8H,6H2. The minimum absolute atomic E-state index is 0.248. The normalized spacial score (nSPS) is 9.87. The van der Waals surface area contributed by atoms with E-state index < -0.39 is 6.09 Å². The van der Waals surface area contributed by atoms with Crippen LogP contribution in [-0.2, 0) is 11.3 Å². The van der Waals surface area contributed by atoms with Crippen LogP contribution in [0.25, 0.3) is 0 Å². The molecule has 0 unspecified atom stereocenters. The second-order valence-corrected chi connectivity index (χ2v) is 2.91. The van der Waals surface area contributed by atoms with Gasteiger partial charge in [-0.05, 0) is 5.56 Å². The Bertz CT molecular complexity index is 425. The molecule has 0 aliphatic heterocycles. The van der Waals surface area contributed by atoms with E-state index in [-0.39, 0.29) is 6.61 Å². The summed E-state index contributed by atoms with van der Waals surface area (Å²) in [5.41, 5.74) is 0.943. The van der Waals surface area contributed by atoms with Crippen molar-refractivity contribution in [2.45, 2.75) is 6.61 Å². The SMILES string of the molecule is O=C(OCc1ccccc1)n1cnnc1. The second-order valence-electron chi connectivity index (χ2n) is 2.91. The summed E-state index contributed by atoms with van der Waals surface area (Å²) in [7, 11) is 0. The molecule has 0 saturated carbocycles. The molecule has 1 aromatic carbocycles. The summed E-state index contributed by atoms with van der Waals surface area (Å²) in [6, 6.07) is 9.47. The number of ether oxygens (including phenoxy) is 1. The first kappa shape index (κ1) is 9.39.